The van der Waals surface area contributed by atoms with E-state index in [1.54, 1.807) is 6.92 Å². The normalized spacial score (nSPS) is 21.0. The first-order valence-corrected chi connectivity index (χ1v) is 5.98. The summed E-state index contributed by atoms with van der Waals surface area (Å²) >= 11 is 0. The van der Waals surface area contributed by atoms with Crippen LogP contribution in [0.4, 0.5) is 17.6 Å². The number of rotatable bonds is 2. The third-order valence-electron chi connectivity index (χ3n) is 3.07. The van der Waals surface area contributed by atoms with Crippen molar-refractivity contribution in [3.8, 4) is 0 Å². The van der Waals surface area contributed by atoms with Crippen LogP contribution in [0.1, 0.15) is 26.7 Å². The van der Waals surface area contributed by atoms with Crippen LogP contribution < -0.4 is 0 Å². The molecule has 0 heterocycles. The molecule has 1 amide bonds. The fourth-order valence-corrected chi connectivity index (χ4v) is 2.15. The molecule has 0 saturated heterocycles. The molecule has 19 heavy (non-hydrogen) atoms. The van der Waals surface area contributed by atoms with E-state index < -0.39 is 12.1 Å². The van der Waals surface area contributed by atoms with Crippen molar-refractivity contribution in [3.63, 3.8) is 0 Å². The maximum atomic E-state index is 13.5. The number of carbonyl (C=O) groups is 1. The van der Waals surface area contributed by atoms with Gasteiger partial charge in [0.2, 0.25) is 0 Å². The van der Waals surface area contributed by atoms with Crippen LogP contribution in [0.2, 0.25) is 0 Å². The molecule has 0 radical (unpaired) electrons. The number of hydrogen-bond donors (Lipinski definition) is 0. The van der Waals surface area contributed by atoms with Crippen LogP contribution in [-0.4, -0.2) is 30.6 Å². The van der Waals surface area contributed by atoms with Gasteiger partial charge in [0.1, 0.15) is 5.83 Å². The van der Waals surface area contributed by atoms with Crippen molar-refractivity contribution in [2.24, 2.45) is 5.92 Å². The van der Waals surface area contributed by atoms with E-state index >= 15 is 0 Å². The Hall–Kier alpha value is -1.33. The van der Waals surface area contributed by atoms with E-state index in [4.69, 9.17) is 0 Å². The number of alkyl halides is 3. The summed E-state index contributed by atoms with van der Waals surface area (Å²) in [5, 5.41) is 0. The molecule has 0 bridgehead atoms. The third kappa shape index (κ3) is 4.36. The second-order valence-electron chi connectivity index (χ2n) is 5.07. The van der Waals surface area contributed by atoms with Crippen LogP contribution in [0.3, 0.4) is 0 Å². The van der Waals surface area contributed by atoms with Crippen molar-refractivity contribution in [2.75, 3.05) is 13.6 Å². The lowest BCUT2D eigenvalue weighted by molar-refractivity contribution is -0.183. The Morgan fingerprint density at radius 2 is 2.00 bits per heavy atom. The highest BCUT2D eigenvalue weighted by Gasteiger charge is 2.41. The molecular weight excluding hydrogens is 262 g/mol. The summed E-state index contributed by atoms with van der Waals surface area (Å²) in [6.07, 6.45) is -2.76. The highest BCUT2D eigenvalue weighted by Crippen LogP contribution is 2.28. The Balaban J connectivity index is 2.88. The van der Waals surface area contributed by atoms with Crippen molar-refractivity contribution < 1.29 is 22.4 Å². The van der Waals surface area contributed by atoms with E-state index in [9.17, 15) is 22.4 Å². The molecule has 1 unspecified atom stereocenters. The monoisotopic (exact) mass is 279 g/mol. The number of amides is 1. The predicted molar refractivity (Wildman–Crippen MR) is 64.0 cm³/mol. The summed E-state index contributed by atoms with van der Waals surface area (Å²) in [5.41, 5.74) is 1.27. The van der Waals surface area contributed by atoms with Gasteiger partial charge >= 0.3 is 12.1 Å². The largest absolute Gasteiger partial charge is 0.471 e. The van der Waals surface area contributed by atoms with Crippen LogP contribution in [0, 0.1) is 5.92 Å². The Bertz CT molecular complexity index is 423. The summed E-state index contributed by atoms with van der Waals surface area (Å²) in [4.78, 5) is 11.6. The number of allylic oxidation sites excluding steroid dienone is 2. The quantitative estimate of drug-likeness (QED) is 0.707. The fourth-order valence-electron chi connectivity index (χ4n) is 2.15. The predicted octanol–water partition coefficient (Wildman–Crippen LogP) is 3.61. The van der Waals surface area contributed by atoms with Crippen LogP contribution in [0.25, 0.3) is 0 Å². The molecule has 1 aliphatic rings. The van der Waals surface area contributed by atoms with Gasteiger partial charge in [-0.05, 0) is 30.9 Å². The van der Waals surface area contributed by atoms with Gasteiger partial charge in [0.05, 0.1) is 0 Å². The van der Waals surface area contributed by atoms with Crippen LogP contribution in [-0.2, 0) is 4.79 Å². The molecule has 1 aliphatic carbocycles. The van der Waals surface area contributed by atoms with Crippen molar-refractivity contribution in [1.82, 2.24) is 4.90 Å². The summed E-state index contributed by atoms with van der Waals surface area (Å²) in [6.45, 7) is 3.40. The van der Waals surface area contributed by atoms with Crippen molar-refractivity contribution in [3.05, 3.63) is 23.0 Å². The second-order valence-corrected chi connectivity index (χ2v) is 5.07. The van der Waals surface area contributed by atoms with E-state index in [-0.39, 0.29) is 24.7 Å². The Morgan fingerprint density at radius 1 is 1.42 bits per heavy atom. The lowest BCUT2D eigenvalue weighted by atomic mass is 9.99. The van der Waals surface area contributed by atoms with Gasteiger partial charge < -0.3 is 4.90 Å². The zero-order chi connectivity index (χ0) is 14.8. The molecule has 0 N–H and O–H groups in total. The number of hydrogen-bond acceptors (Lipinski definition) is 1. The molecule has 108 valence electrons. The molecule has 2 nitrogen and oxygen atoms in total. The molecule has 0 saturated carbocycles. The van der Waals surface area contributed by atoms with Gasteiger partial charge in [-0.15, -0.1) is 0 Å². The molecule has 0 aromatic rings. The number of carbonyl (C=O) groups excluding carboxylic acids is 1. The van der Waals surface area contributed by atoms with Crippen molar-refractivity contribution in [1.29, 1.82) is 0 Å². The lowest BCUT2D eigenvalue weighted by Crippen LogP contribution is -2.39. The van der Waals surface area contributed by atoms with Gasteiger partial charge in [0.25, 0.3) is 0 Å². The zero-order valence-electron chi connectivity index (χ0n) is 11.1. The van der Waals surface area contributed by atoms with E-state index in [2.05, 4.69) is 0 Å². The zero-order valence-corrected chi connectivity index (χ0v) is 11.1. The molecular formula is C13H17F4NO. The average Bonchev–Trinajstić information content (AvgIpc) is 2.35. The Labute approximate surface area is 109 Å². The smallest absolute Gasteiger partial charge is 0.334 e. The van der Waals surface area contributed by atoms with E-state index in [0.29, 0.717) is 16.9 Å². The summed E-state index contributed by atoms with van der Waals surface area (Å²) in [6, 6.07) is 0. The van der Waals surface area contributed by atoms with Crippen LogP contribution in [0.5, 0.6) is 0 Å². The van der Waals surface area contributed by atoms with Gasteiger partial charge in [-0.25, -0.2) is 4.39 Å². The second kappa shape index (κ2) is 5.75. The molecule has 0 aliphatic heterocycles. The van der Waals surface area contributed by atoms with Gasteiger partial charge in [-0.2, -0.15) is 13.2 Å². The molecule has 6 heteroatoms. The van der Waals surface area contributed by atoms with E-state index in [1.807, 2.05) is 6.92 Å². The fraction of sp³-hybridized carbons (Fsp3) is 0.615. The van der Waals surface area contributed by atoms with Gasteiger partial charge in [-0.1, -0.05) is 12.5 Å². The lowest BCUT2D eigenvalue weighted by Gasteiger charge is -2.20. The first-order valence-electron chi connectivity index (χ1n) is 5.98. The van der Waals surface area contributed by atoms with Gasteiger partial charge in [-0.3, -0.25) is 4.79 Å². The highest BCUT2D eigenvalue weighted by atomic mass is 19.4. The highest BCUT2D eigenvalue weighted by molar-refractivity contribution is 5.81. The van der Waals surface area contributed by atoms with Crippen LogP contribution >= 0.6 is 0 Å². The van der Waals surface area contributed by atoms with E-state index in [1.165, 1.54) is 6.08 Å². The average molecular weight is 279 g/mol. The van der Waals surface area contributed by atoms with Crippen LogP contribution in [0.15, 0.2) is 23.0 Å². The Morgan fingerprint density at radius 3 is 2.53 bits per heavy atom. The Kier molecular flexibility index (Phi) is 4.76. The summed E-state index contributed by atoms with van der Waals surface area (Å²) < 4.78 is 50.3. The maximum Gasteiger partial charge on any atom is 0.471 e. The number of likely N-dealkylation sites (N-methyl/N-ethyl adjacent to an activating group) is 1. The van der Waals surface area contributed by atoms with Gasteiger partial charge in [0.15, 0.2) is 0 Å². The molecule has 1 atom stereocenters. The molecule has 0 aromatic carbocycles. The molecule has 0 fully saturated rings. The topological polar surface area (TPSA) is 20.3 Å². The van der Waals surface area contributed by atoms with Crippen molar-refractivity contribution >= 4 is 5.91 Å². The minimum absolute atomic E-state index is 0.109. The number of halogens is 4. The minimum Gasteiger partial charge on any atom is -0.334 e. The summed E-state index contributed by atoms with van der Waals surface area (Å²) in [5.74, 6) is -2.16. The first-order chi connectivity index (χ1) is 8.61. The number of nitrogens with zero attached hydrogens (tertiary/aromatic N) is 1. The molecule has 0 spiro atoms. The van der Waals surface area contributed by atoms with Gasteiger partial charge in [0, 0.05) is 20.0 Å². The van der Waals surface area contributed by atoms with Crippen molar-refractivity contribution in [2.45, 2.75) is 32.9 Å². The summed E-state index contributed by atoms with van der Waals surface area (Å²) in [7, 11) is 1.07. The molecule has 0 aromatic heterocycles. The standard InChI is InChI=1S/C13H17F4NO/c1-8-4-9(2)10(6-11(14)5-8)7-18(3)12(19)13(15,16)17/h6,8H,4-5,7H2,1-3H3. The molecule has 1 rings (SSSR count). The first kappa shape index (κ1) is 15.7. The van der Waals surface area contributed by atoms with E-state index in [0.717, 1.165) is 12.6 Å². The minimum atomic E-state index is -4.90. The maximum absolute atomic E-state index is 13.5. The SMILES string of the molecule is CC1=C(CN(C)C(=O)C(F)(F)F)C=C(F)CC(C)C1. The third-order valence-corrected chi connectivity index (χ3v) is 3.07.